The van der Waals surface area contributed by atoms with E-state index in [1.54, 1.807) is 80.6 Å². The molecule has 4 rings (SSSR count). The van der Waals surface area contributed by atoms with E-state index in [9.17, 15) is 77.0 Å². The number of aromatic nitrogens is 1. The van der Waals surface area contributed by atoms with Gasteiger partial charge in [-0.1, -0.05) is 75.6 Å². The molecule has 33 heteroatoms. The number of rotatable bonds is 38. The Morgan fingerprint density at radius 3 is 1.57 bits per heavy atom. The molecule has 0 bridgehead atoms. The van der Waals surface area contributed by atoms with Gasteiger partial charge in [0.15, 0.2) is 46.3 Å². The number of aromatic hydroxyl groups is 1. The number of nitrogens with two attached hydrogens (primary N) is 3. The molecule has 1 aliphatic heterocycles. The first-order chi connectivity index (χ1) is 56.2. The molecule has 0 unspecified atom stereocenters. The molecular formula is C86H137N17O16. The number of ketones is 10. The van der Waals surface area contributed by atoms with Crippen molar-refractivity contribution in [3.05, 3.63) is 78.0 Å². The van der Waals surface area contributed by atoms with Crippen molar-refractivity contribution in [2.45, 2.75) is 302 Å². The second kappa shape index (κ2) is 53.0. The van der Waals surface area contributed by atoms with E-state index in [0.29, 0.717) is 36.8 Å². The summed E-state index contributed by atoms with van der Waals surface area (Å²) < 4.78 is 0. The summed E-state index contributed by atoms with van der Waals surface area (Å²) in [5, 5.41) is 49.9. The molecule has 0 aliphatic carbocycles. The van der Waals surface area contributed by atoms with Crippen molar-refractivity contribution < 1.29 is 77.0 Å². The number of amides is 5. The molecule has 0 saturated heterocycles. The van der Waals surface area contributed by atoms with Crippen LogP contribution in [0.3, 0.4) is 0 Å². The molecule has 0 fully saturated rings. The van der Waals surface area contributed by atoms with Crippen LogP contribution in [0, 0.1) is 5.92 Å². The Kier molecular flexibility index (Phi) is 45.7. The average molecular weight is 1670 g/mol. The molecule has 0 spiro atoms. The first kappa shape index (κ1) is 102. The van der Waals surface area contributed by atoms with Gasteiger partial charge in [-0.05, 0) is 162 Å². The number of para-hydroxylation sites is 1. The quantitative estimate of drug-likeness (QED) is 0.0222. The predicted molar refractivity (Wildman–Crippen MR) is 456 cm³/mol. The number of allylic oxidation sites excluding steroid dienone is 2. The van der Waals surface area contributed by atoms with Gasteiger partial charge in [-0.2, -0.15) is 0 Å². The second-order valence-corrected chi connectivity index (χ2v) is 32.7. The van der Waals surface area contributed by atoms with Gasteiger partial charge in [0.1, 0.15) is 23.4 Å². The van der Waals surface area contributed by atoms with Crippen LogP contribution in [0.4, 0.5) is 0 Å². The maximum Gasteiger partial charge on any atom is 0.243 e. The lowest BCUT2D eigenvalue weighted by Crippen LogP contribution is -2.61. The summed E-state index contributed by atoms with van der Waals surface area (Å²) in [4.78, 5) is 206. The van der Waals surface area contributed by atoms with Crippen LogP contribution in [-0.2, 0) is 84.8 Å². The summed E-state index contributed by atoms with van der Waals surface area (Å²) in [6.45, 7) is 20.0. The molecule has 14 atom stereocenters. The molecule has 5 amide bonds. The third kappa shape index (κ3) is 38.2. The Balaban J connectivity index is 1.45. The highest BCUT2D eigenvalue weighted by atomic mass is 16.3. The number of carbonyl (C=O) groups is 15. The van der Waals surface area contributed by atoms with Gasteiger partial charge in [0, 0.05) is 102 Å². The molecular weight excluding hydrogens is 1530 g/mol. The van der Waals surface area contributed by atoms with Crippen molar-refractivity contribution in [3.63, 3.8) is 0 Å². The largest absolute Gasteiger partial charge is 0.508 e. The Bertz CT molecular complexity index is 3880. The van der Waals surface area contributed by atoms with E-state index in [4.69, 9.17) is 17.2 Å². The number of aromatic amines is 1. The molecule has 0 radical (unpaired) electrons. The Morgan fingerprint density at radius 1 is 0.513 bits per heavy atom. The molecule has 0 saturated carbocycles. The van der Waals surface area contributed by atoms with Crippen molar-refractivity contribution in [3.8, 4) is 5.75 Å². The van der Waals surface area contributed by atoms with Crippen LogP contribution >= 0.6 is 0 Å². The van der Waals surface area contributed by atoms with Gasteiger partial charge in [0.25, 0.3) is 0 Å². The summed E-state index contributed by atoms with van der Waals surface area (Å²) >= 11 is 0. The van der Waals surface area contributed by atoms with Gasteiger partial charge in [0.2, 0.25) is 29.5 Å². The fourth-order valence-electron chi connectivity index (χ4n) is 13.3. The molecule has 2 heterocycles. The van der Waals surface area contributed by atoms with Crippen molar-refractivity contribution >= 4 is 98.3 Å². The standard InChI is InChI=1S/C86H137N17O16/c1-52(2)42-69-84(119)103-86(12,79(114)48-93-56(6)73(108)35-40-91-54(4)71(106)32-31-70(105)53(3)90-39-34-72(107)55(5)92-41-36-74(109)57(7)95-49-98-60(10)81(88)116)38-23-19-17-15-13-14-16-18-22-37-85(11,89)78(113)46-76(111)59(9)97-51-100-68(43-61-26-28-63(104)29-27-61)83(118)101-67(44-62-47-94-65-25-21-20-24-64(62)65)77(112)45-75(110)58(8)96-50-99-66(82(117)102-69)30-33-80(87)115/h15,17,20-21,24-29,47,52-60,66-69,90-100,104H,13-14,16,18-19,22-23,30-46,48-51,89H2,1-12H3,(H2,87,115)(H2,88,116)(H,101,118)(H,102,117)(H,103,119)/b17-15+/t53-,54-,55-,56-,57-,58-,59-,60+,66-,67-,68-,69-,85+,86-/m0/s1. The van der Waals surface area contributed by atoms with E-state index in [-0.39, 0.29) is 157 Å². The summed E-state index contributed by atoms with van der Waals surface area (Å²) in [6.07, 6.45) is 9.78. The number of phenols is 1. The maximum atomic E-state index is 14.8. The van der Waals surface area contributed by atoms with Crippen LogP contribution in [0.15, 0.2) is 66.9 Å². The van der Waals surface area contributed by atoms with Crippen LogP contribution < -0.4 is 86.3 Å². The minimum absolute atomic E-state index is 0.000836. The van der Waals surface area contributed by atoms with Gasteiger partial charge in [0.05, 0.1) is 96.9 Å². The third-order valence-corrected chi connectivity index (χ3v) is 22.0. The zero-order valence-electron chi connectivity index (χ0n) is 72.0. The number of hydrogen-bond donors (Lipinski definition) is 18. The van der Waals surface area contributed by atoms with Gasteiger partial charge in [-0.25, -0.2) is 0 Å². The minimum atomic E-state index is -1.55. The zero-order valence-corrected chi connectivity index (χ0v) is 72.0. The number of hydrogen-bond acceptors (Lipinski definition) is 27. The number of fused-ring (bicyclic) bond motifs is 1. The van der Waals surface area contributed by atoms with Crippen molar-refractivity contribution in [2.75, 3.05) is 46.2 Å². The van der Waals surface area contributed by atoms with Crippen molar-refractivity contribution in [1.82, 2.24) is 74.1 Å². The van der Waals surface area contributed by atoms with E-state index < -0.39 is 155 Å². The molecule has 1 aliphatic rings. The third-order valence-electron chi connectivity index (χ3n) is 22.0. The number of Topliss-reactive ketones (excluding diaryl/α,β-unsaturated/α-hetero) is 10. The Labute approximate surface area is 700 Å². The molecule has 1 aromatic heterocycles. The lowest BCUT2D eigenvalue weighted by molar-refractivity contribution is -0.135. The number of benzene rings is 2. The maximum absolute atomic E-state index is 14.8. The van der Waals surface area contributed by atoms with Crippen LogP contribution in [0.25, 0.3) is 10.9 Å². The highest BCUT2D eigenvalue weighted by Crippen LogP contribution is 2.23. The number of primary amides is 2. The van der Waals surface area contributed by atoms with Crippen LogP contribution in [0.1, 0.15) is 216 Å². The lowest BCUT2D eigenvalue weighted by atomic mass is 9.87. The highest BCUT2D eigenvalue weighted by Gasteiger charge is 2.39. The van der Waals surface area contributed by atoms with Gasteiger partial charge in [-0.15, -0.1) is 0 Å². The summed E-state index contributed by atoms with van der Waals surface area (Å²) in [6, 6.07) is 3.23. The Morgan fingerprint density at radius 2 is 1.01 bits per heavy atom. The SMILES string of the molecule is CC(C)C[C@@H]1NC(=O)[C@H](CCC(N)=O)NCN[C@@H](C)C(=O)CC(=O)[C@H](Cc2c[nH]c3ccccc23)NC(=O)[C@H](Cc2ccc(O)cc2)NCN[C@@H](C)C(=O)CC(=O)[C@](C)(N)CCCCCC/C=C/CCC[C@@](C)(C(=O)CN[C@@H](C)C(=O)CCN[C@@H](C)C(=O)CCC(=O)[C@H](C)NCCC(=O)[C@H](C)NCCC(=O)[C@H](C)NCN[C@H](C)C(N)=O)NC1=O. The summed E-state index contributed by atoms with van der Waals surface area (Å²) in [5.74, 6) is -6.84. The van der Waals surface area contributed by atoms with Gasteiger partial charge in [-0.3, -0.25) is 104 Å². The molecule has 3 aromatic rings. The normalized spacial score (nSPS) is 23.5. The molecule has 21 N–H and O–H groups in total. The first-order valence-electron chi connectivity index (χ1n) is 42.1. The minimum Gasteiger partial charge on any atom is -0.508 e. The molecule has 662 valence electrons. The zero-order chi connectivity index (χ0) is 88.5. The monoisotopic (exact) mass is 1660 g/mol. The predicted octanol–water partition coefficient (Wildman–Crippen LogP) is 2.13. The number of nitrogens with one attached hydrogen (secondary N) is 14. The van der Waals surface area contributed by atoms with E-state index in [0.717, 1.165) is 36.6 Å². The van der Waals surface area contributed by atoms with Gasteiger partial charge < -0.3 is 64.5 Å². The van der Waals surface area contributed by atoms with Crippen LogP contribution in [0.2, 0.25) is 0 Å². The fraction of sp³-hybridized carbons (Fsp3) is 0.640. The first-order valence-corrected chi connectivity index (χ1v) is 42.1. The van der Waals surface area contributed by atoms with Crippen molar-refractivity contribution in [1.29, 1.82) is 0 Å². The van der Waals surface area contributed by atoms with E-state index in [1.807, 2.05) is 50.3 Å². The van der Waals surface area contributed by atoms with E-state index in [2.05, 4.69) is 74.1 Å². The molecule has 119 heavy (non-hydrogen) atoms. The number of carbonyl (C=O) groups excluding carboxylic acids is 15. The van der Waals surface area contributed by atoms with Gasteiger partial charge >= 0.3 is 0 Å². The van der Waals surface area contributed by atoms with E-state index in [1.165, 1.54) is 19.1 Å². The topological polar surface area (TPSA) is 527 Å². The summed E-state index contributed by atoms with van der Waals surface area (Å²) in [5.41, 5.74) is 16.7. The average Bonchev–Trinajstić information content (AvgIpc) is 1.81. The summed E-state index contributed by atoms with van der Waals surface area (Å²) in [7, 11) is 0. The van der Waals surface area contributed by atoms with E-state index >= 15 is 0 Å². The second-order valence-electron chi connectivity index (χ2n) is 32.7. The molecule has 33 nitrogen and oxygen atoms in total. The fourth-order valence-corrected chi connectivity index (χ4v) is 13.3. The number of H-pyrrole nitrogens is 1. The van der Waals surface area contributed by atoms with Crippen molar-refractivity contribution in [2.24, 2.45) is 23.1 Å². The lowest BCUT2D eigenvalue weighted by Gasteiger charge is -2.33. The Hall–Kier alpha value is -8.87. The van der Waals surface area contributed by atoms with Crippen LogP contribution in [0.5, 0.6) is 5.75 Å². The number of phenolic OH excluding ortho intramolecular Hbond substituents is 1. The molecule has 2 aromatic carbocycles. The smallest absolute Gasteiger partial charge is 0.243 e. The van der Waals surface area contributed by atoms with Crippen LogP contribution in [-0.4, -0.2) is 227 Å². The highest BCUT2D eigenvalue weighted by molar-refractivity contribution is 6.06.